The zero-order chi connectivity index (χ0) is 19.5. The van der Waals surface area contributed by atoms with Gasteiger partial charge in [0, 0.05) is 12.7 Å². The van der Waals surface area contributed by atoms with Gasteiger partial charge in [-0.15, -0.1) is 13.2 Å². The van der Waals surface area contributed by atoms with E-state index < -0.39 is 36.5 Å². The van der Waals surface area contributed by atoms with E-state index in [1.807, 2.05) is 0 Å². The second kappa shape index (κ2) is 7.46. The maximum absolute atomic E-state index is 12.3. The van der Waals surface area contributed by atoms with E-state index in [4.69, 9.17) is 5.11 Å². The number of alkyl halides is 3. The minimum atomic E-state index is -4.83. The van der Waals surface area contributed by atoms with Crippen molar-refractivity contribution >= 4 is 11.9 Å². The molecule has 0 spiro atoms. The maximum atomic E-state index is 12.3. The number of nitrogens with zero attached hydrogens (tertiary/aromatic N) is 2. The molecule has 2 aromatic rings. The van der Waals surface area contributed by atoms with Gasteiger partial charge in [0.15, 0.2) is 0 Å². The summed E-state index contributed by atoms with van der Waals surface area (Å²) in [6, 6.07) is 5.22. The summed E-state index contributed by atoms with van der Waals surface area (Å²) in [5, 5.41) is 15.6. The molecule has 26 heavy (non-hydrogen) atoms. The molecular formula is C16H16F3N3O4. The number of aromatic nitrogens is 2. The van der Waals surface area contributed by atoms with Crippen LogP contribution in [0.15, 0.2) is 30.3 Å². The molecule has 10 heteroatoms. The molecule has 1 aromatic carbocycles. The van der Waals surface area contributed by atoms with Crippen LogP contribution in [0.25, 0.3) is 0 Å². The van der Waals surface area contributed by atoms with Crippen LogP contribution >= 0.6 is 0 Å². The summed E-state index contributed by atoms with van der Waals surface area (Å²) in [7, 11) is 1.65. The van der Waals surface area contributed by atoms with Crippen LogP contribution in [0.5, 0.6) is 5.75 Å². The molecule has 1 atom stereocenters. The largest absolute Gasteiger partial charge is 0.573 e. The average molecular weight is 371 g/mol. The number of amides is 1. The van der Waals surface area contributed by atoms with Gasteiger partial charge in [-0.2, -0.15) is 5.10 Å². The molecule has 0 bridgehead atoms. The van der Waals surface area contributed by atoms with Gasteiger partial charge in [-0.1, -0.05) is 12.1 Å². The van der Waals surface area contributed by atoms with E-state index in [-0.39, 0.29) is 5.69 Å². The molecular weight excluding hydrogens is 355 g/mol. The number of carboxylic acids is 1. The molecule has 0 aliphatic carbocycles. The number of carboxylic acid groups (broad SMARTS) is 1. The quantitative estimate of drug-likeness (QED) is 0.814. The van der Waals surface area contributed by atoms with Crippen LogP contribution in [0, 0.1) is 6.92 Å². The van der Waals surface area contributed by atoms with Gasteiger partial charge in [0.05, 0.1) is 12.5 Å². The van der Waals surface area contributed by atoms with Crippen LogP contribution in [0.3, 0.4) is 0 Å². The Kier molecular flexibility index (Phi) is 5.53. The van der Waals surface area contributed by atoms with Gasteiger partial charge < -0.3 is 15.2 Å². The zero-order valence-corrected chi connectivity index (χ0v) is 13.9. The second-order valence-corrected chi connectivity index (χ2v) is 5.54. The third-order valence-corrected chi connectivity index (χ3v) is 3.55. The molecule has 0 fully saturated rings. The number of nitrogens with one attached hydrogen (secondary N) is 1. The SMILES string of the molecule is Cc1cc(C(=O)NC(CC(=O)O)c2ccc(OC(F)(F)F)cc2)nn1C. The Morgan fingerprint density at radius 1 is 1.31 bits per heavy atom. The van der Waals surface area contributed by atoms with E-state index in [9.17, 15) is 22.8 Å². The number of aryl methyl sites for hydroxylation is 2. The Balaban J connectivity index is 2.18. The van der Waals surface area contributed by atoms with Gasteiger partial charge in [0.25, 0.3) is 5.91 Å². The highest BCUT2D eigenvalue weighted by Crippen LogP contribution is 2.25. The lowest BCUT2D eigenvalue weighted by molar-refractivity contribution is -0.274. The van der Waals surface area contributed by atoms with E-state index >= 15 is 0 Å². The molecule has 2 N–H and O–H groups in total. The van der Waals surface area contributed by atoms with Crippen molar-refractivity contribution in [2.24, 2.45) is 7.05 Å². The van der Waals surface area contributed by atoms with Crippen molar-refractivity contribution in [1.82, 2.24) is 15.1 Å². The van der Waals surface area contributed by atoms with Crippen LogP contribution in [-0.4, -0.2) is 33.1 Å². The number of rotatable bonds is 6. The smallest absolute Gasteiger partial charge is 0.481 e. The molecule has 1 aromatic heterocycles. The number of carbonyl (C=O) groups excluding carboxylic acids is 1. The standard InChI is InChI=1S/C16H16F3N3O4/c1-9-7-13(21-22(9)2)15(25)20-12(8-14(23)24)10-3-5-11(6-4-10)26-16(17,18)19/h3-7,12H,8H2,1-2H3,(H,20,25)(H,23,24). The summed E-state index contributed by atoms with van der Waals surface area (Å²) in [4.78, 5) is 23.3. The molecule has 0 radical (unpaired) electrons. The molecule has 0 aliphatic rings. The second-order valence-electron chi connectivity index (χ2n) is 5.54. The van der Waals surface area contributed by atoms with Crippen LogP contribution < -0.4 is 10.1 Å². The number of carbonyl (C=O) groups is 2. The number of halogens is 3. The monoisotopic (exact) mass is 371 g/mol. The molecule has 1 unspecified atom stereocenters. The lowest BCUT2D eigenvalue weighted by Gasteiger charge is -2.17. The fourth-order valence-electron chi connectivity index (χ4n) is 2.23. The lowest BCUT2D eigenvalue weighted by atomic mass is 10.0. The summed E-state index contributed by atoms with van der Waals surface area (Å²) in [6.45, 7) is 1.75. The van der Waals surface area contributed by atoms with E-state index in [1.165, 1.54) is 22.9 Å². The van der Waals surface area contributed by atoms with Crippen LogP contribution in [0.1, 0.15) is 34.2 Å². The van der Waals surface area contributed by atoms with Crippen LogP contribution in [0.2, 0.25) is 0 Å². The van der Waals surface area contributed by atoms with Gasteiger partial charge in [-0.3, -0.25) is 14.3 Å². The highest BCUT2D eigenvalue weighted by molar-refractivity contribution is 5.93. The molecule has 1 heterocycles. The molecule has 0 saturated heterocycles. The molecule has 7 nitrogen and oxygen atoms in total. The summed E-state index contributed by atoms with van der Waals surface area (Å²) in [6.07, 6.45) is -5.27. The Hall–Kier alpha value is -3.04. The van der Waals surface area contributed by atoms with E-state index in [0.29, 0.717) is 5.56 Å². The molecule has 140 valence electrons. The minimum Gasteiger partial charge on any atom is -0.481 e. The number of hydrogen-bond acceptors (Lipinski definition) is 4. The van der Waals surface area contributed by atoms with E-state index in [0.717, 1.165) is 17.8 Å². The van der Waals surface area contributed by atoms with Gasteiger partial charge in [0.1, 0.15) is 11.4 Å². The van der Waals surface area contributed by atoms with Crippen molar-refractivity contribution in [3.05, 3.63) is 47.3 Å². The van der Waals surface area contributed by atoms with E-state index in [2.05, 4.69) is 15.2 Å². The third kappa shape index (κ3) is 5.23. The highest BCUT2D eigenvalue weighted by Gasteiger charge is 2.31. The summed E-state index contributed by atoms with van der Waals surface area (Å²) < 4.78 is 41.9. The summed E-state index contributed by atoms with van der Waals surface area (Å²) >= 11 is 0. The van der Waals surface area contributed by atoms with Crippen molar-refractivity contribution in [2.45, 2.75) is 25.7 Å². The predicted molar refractivity (Wildman–Crippen MR) is 83.5 cm³/mol. The highest BCUT2D eigenvalue weighted by atomic mass is 19.4. The maximum Gasteiger partial charge on any atom is 0.573 e. The first-order valence-corrected chi connectivity index (χ1v) is 7.44. The fraction of sp³-hybridized carbons (Fsp3) is 0.312. The van der Waals surface area contributed by atoms with Crippen molar-refractivity contribution in [3.63, 3.8) is 0 Å². The fourth-order valence-corrected chi connectivity index (χ4v) is 2.23. The van der Waals surface area contributed by atoms with Crippen molar-refractivity contribution in [3.8, 4) is 5.75 Å². The van der Waals surface area contributed by atoms with Crippen LogP contribution in [0.4, 0.5) is 13.2 Å². The normalized spacial score (nSPS) is 12.5. The zero-order valence-electron chi connectivity index (χ0n) is 13.9. The minimum absolute atomic E-state index is 0.109. The first kappa shape index (κ1) is 19.3. The van der Waals surface area contributed by atoms with Crippen molar-refractivity contribution in [1.29, 1.82) is 0 Å². The van der Waals surface area contributed by atoms with Gasteiger partial charge in [0.2, 0.25) is 0 Å². The van der Waals surface area contributed by atoms with Gasteiger partial charge >= 0.3 is 12.3 Å². The first-order valence-electron chi connectivity index (χ1n) is 7.44. The topological polar surface area (TPSA) is 93.5 Å². The van der Waals surface area contributed by atoms with Crippen molar-refractivity contribution in [2.75, 3.05) is 0 Å². The lowest BCUT2D eigenvalue weighted by Crippen LogP contribution is -2.30. The Bertz CT molecular complexity index is 781. The number of benzene rings is 1. The Morgan fingerprint density at radius 2 is 1.92 bits per heavy atom. The molecule has 0 saturated carbocycles. The van der Waals surface area contributed by atoms with Gasteiger partial charge in [-0.05, 0) is 30.7 Å². The van der Waals surface area contributed by atoms with Gasteiger partial charge in [-0.25, -0.2) is 0 Å². The Labute approximate surface area is 146 Å². The van der Waals surface area contributed by atoms with Crippen molar-refractivity contribution < 1.29 is 32.6 Å². The summed E-state index contributed by atoms with van der Waals surface area (Å²) in [5.74, 6) is -2.21. The average Bonchev–Trinajstić information content (AvgIpc) is 2.85. The third-order valence-electron chi connectivity index (χ3n) is 3.55. The summed E-state index contributed by atoms with van der Waals surface area (Å²) in [5.41, 5.74) is 1.17. The molecule has 0 aliphatic heterocycles. The molecule has 1 amide bonds. The van der Waals surface area contributed by atoms with Crippen LogP contribution in [-0.2, 0) is 11.8 Å². The predicted octanol–water partition coefficient (Wildman–Crippen LogP) is 2.57. The first-order chi connectivity index (χ1) is 12.0. The van der Waals surface area contributed by atoms with E-state index in [1.54, 1.807) is 14.0 Å². The Morgan fingerprint density at radius 3 is 2.38 bits per heavy atom. The number of aliphatic carboxylic acids is 1. The number of ether oxygens (including phenoxy) is 1. The number of hydrogen-bond donors (Lipinski definition) is 2. The molecule has 2 rings (SSSR count).